The van der Waals surface area contributed by atoms with Crippen molar-refractivity contribution in [2.75, 3.05) is 33.9 Å². The molecule has 0 heterocycles. The first-order valence-corrected chi connectivity index (χ1v) is 7.35. The van der Waals surface area contributed by atoms with Gasteiger partial charge in [0.05, 0.1) is 13.7 Å². The molecule has 0 spiro atoms. The lowest BCUT2D eigenvalue weighted by atomic mass is 9.74. The van der Waals surface area contributed by atoms with E-state index in [0.29, 0.717) is 5.92 Å². The van der Waals surface area contributed by atoms with Gasteiger partial charge in [0.1, 0.15) is 5.75 Å². The number of benzene rings is 1. The molecule has 0 aliphatic rings. The molecule has 1 unspecified atom stereocenters. The van der Waals surface area contributed by atoms with E-state index in [0.717, 1.165) is 31.9 Å². The van der Waals surface area contributed by atoms with Crippen molar-refractivity contribution in [3.63, 3.8) is 0 Å². The van der Waals surface area contributed by atoms with Gasteiger partial charge >= 0.3 is 0 Å². The highest BCUT2D eigenvalue weighted by atomic mass is 16.5. The van der Waals surface area contributed by atoms with Crippen LogP contribution < -0.4 is 10.1 Å². The maximum atomic E-state index is 5.47. The summed E-state index contributed by atoms with van der Waals surface area (Å²) in [6, 6.07) is 8.30. The summed E-state index contributed by atoms with van der Waals surface area (Å²) in [5, 5.41) is 3.50. The Bertz CT molecular complexity index is 392. The smallest absolute Gasteiger partial charge is 0.122 e. The van der Waals surface area contributed by atoms with Crippen LogP contribution in [0, 0.1) is 11.3 Å². The molecule has 1 atom stereocenters. The van der Waals surface area contributed by atoms with Gasteiger partial charge in [-0.05, 0) is 29.4 Å². The number of hydrogen-bond donors (Lipinski definition) is 1. The van der Waals surface area contributed by atoms with Crippen LogP contribution in [0.25, 0.3) is 0 Å². The van der Waals surface area contributed by atoms with Crippen molar-refractivity contribution in [2.24, 2.45) is 11.3 Å². The van der Waals surface area contributed by atoms with E-state index >= 15 is 0 Å². The molecule has 1 aromatic rings. The summed E-state index contributed by atoms with van der Waals surface area (Å²) in [5.41, 5.74) is 1.47. The molecule has 3 nitrogen and oxygen atoms in total. The molecule has 1 aromatic carbocycles. The average molecular weight is 279 g/mol. The summed E-state index contributed by atoms with van der Waals surface area (Å²) in [6.07, 6.45) is 1.01. The first-order chi connectivity index (χ1) is 9.53. The Kier molecular flexibility index (Phi) is 7.03. The van der Waals surface area contributed by atoms with Gasteiger partial charge < -0.3 is 14.8 Å². The third kappa shape index (κ3) is 4.80. The van der Waals surface area contributed by atoms with E-state index in [1.807, 2.05) is 12.1 Å². The van der Waals surface area contributed by atoms with E-state index in [2.05, 4.69) is 38.2 Å². The molecule has 0 radical (unpaired) electrons. The van der Waals surface area contributed by atoms with E-state index in [4.69, 9.17) is 9.47 Å². The fourth-order valence-corrected chi connectivity index (χ4v) is 2.30. The van der Waals surface area contributed by atoms with Gasteiger partial charge in [0.25, 0.3) is 0 Å². The minimum absolute atomic E-state index is 0.197. The molecule has 20 heavy (non-hydrogen) atoms. The second-order valence-electron chi connectivity index (χ2n) is 5.97. The van der Waals surface area contributed by atoms with Crippen LogP contribution in [0.1, 0.15) is 26.3 Å². The van der Waals surface area contributed by atoms with Crippen molar-refractivity contribution in [1.29, 1.82) is 0 Å². The van der Waals surface area contributed by atoms with Gasteiger partial charge in [-0.2, -0.15) is 0 Å². The Hall–Kier alpha value is -1.06. The normalized spacial score (nSPS) is 14.3. The average Bonchev–Trinajstić information content (AvgIpc) is 2.44. The van der Waals surface area contributed by atoms with E-state index in [1.165, 1.54) is 5.56 Å². The molecule has 1 N–H and O–H groups in total. The molecule has 3 heteroatoms. The second kappa shape index (κ2) is 8.28. The Balaban J connectivity index is 2.75. The van der Waals surface area contributed by atoms with Crippen LogP contribution in [-0.4, -0.2) is 33.9 Å². The predicted molar refractivity (Wildman–Crippen MR) is 84.4 cm³/mol. The summed E-state index contributed by atoms with van der Waals surface area (Å²) in [6.45, 7) is 9.53. The quantitative estimate of drug-likeness (QED) is 0.704. The molecule has 0 aliphatic carbocycles. The Labute approximate surface area is 123 Å². The maximum Gasteiger partial charge on any atom is 0.122 e. The SMILES string of the molecule is COCCNCC(C)(Cc1ccccc1OC)C(C)C. The van der Waals surface area contributed by atoms with Crippen LogP contribution in [-0.2, 0) is 11.2 Å². The number of ether oxygens (including phenoxy) is 2. The molecule has 114 valence electrons. The standard InChI is InChI=1S/C17H29NO2/c1-14(2)17(3,13-18-10-11-19-4)12-15-8-6-7-9-16(15)20-5/h6-9,14,18H,10-13H2,1-5H3. The highest BCUT2D eigenvalue weighted by Gasteiger charge is 2.29. The van der Waals surface area contributed by atoms with E-state index in [1.54, 1.807) is 14.2 Å². The molecule has 0 aromatic heterocycles. The lowest BCUT2D eigenvalue weighted by Crippen LogP contribution is -2.39. The molecule has 1 rings (SSSR count). The Morgan fingerprint density at radius 3 is 2.50 bits per heavy atom. The third-order valence-electron chi connectivity index (χ3n) is 4.19. The zero-order chi connectivity index (χ0) is 15.0. The van der Waals surface area contributed by atoms with Gasteiger partial charge in [-0.25, -0.2) is 0 Å². The van der Waals surface area contributed by atoms with Crippen molar-refractivity contribution in [3.8, 4) is 5.75 Å². The van der Waals surface area contributed by atoms with E-state index in [-0.39, 0.29) is 5.41 Å². The molecule has 0 fully saturated rings. The first kappa shape index (κ1) is 17.0. The predicted octanol–water partition coefficient (Wildman–Crippen LogP) is 3.14. The molecule has 0 aliphatic heterocycles. The van der Waals surface area contributed by atoms with Crippen molar-refractivity contribution >= 4 is 0 Å². The molecule has 0 bridgehead atoms. The summed E-state index contributed by atoms with van der Waals surface area (Å²) < 4.78 is 10.6. The van der Waals surface area contributed by atoms with Crippen molar-refractivity contribution in [3.05, 3.63) is 29.8 Å². The molecule has 0 amide bonds. The zero-order valence-corrected chi connectivity index (χ0v) is 13.5. The van der Waals surface area contributed by atoms with E-state index < -0.39 is 0 Å². The van der Waals surface area contributed by atoms with Crippen LogP contribution in [0.4, 0.5) is 0 Å². The van der Waals surface area contributed by atoms with Gasteiger partial charge in [-0.3, -0.25) is 0 Å². The second-order valence-corrected chi connectivity index (χ2v) is 5.97. The lowest BCUT2D eigenvalue weighted by molar-refractivity contribution is 0.174. The lowest BCUT2D eigenvalue weighted by Gasteiger charge is -2.35. The van der Waals surface area contributed by atoms with Crippen molar-refractivity contribution < 1.29 is 9.47 Å². The van der Waals surface area contributed by atoms with E-state index in [9.17, 15) is 0 Å². The van der Waals surface area contributed by atoms with Crippen molar-refractivity contribution in [1.82, 2.24) is 5.32 Å². The van der Waals surface area contributed by atoms with Crippen LogP contribution >= 0.6 is 0 Å². The van der Waals surface area contributed by atoms with Crippen LogP contribution in [0.5, 0.6) is 5.75 Å². The maximum absolute atomic E-state index is 5.47. The van der Waals surface area contributed by atoms with Gasteiger partial charge in [0, 0.05) is 20.2 Å². The number of nitrogens with one attached hydrogen (secondary N) is 1. The number of para-hydroxylation sites is 1. The number of hydrogen-bond acceptors (Lipinski definition) is 3. The fourth-order valence-electron chi connectivity index (χ4n) is 2.30. The van der Waals surface area contributed by atoms with Gasteiger partial charge in [0.2, 0.25) is 0 Å². The van der Waals surface area contributed by atoms with Crippen LogP contribution in [0.15, 0.2) is 24.3 Å². The molecular formula is C17H29NO2. The van der Waals surface area contributed by atoms with Gasteiger partial charge in [-0.1, -0.05) is 39.0 Å². The highest BCUT2D eigenvalue weighted by Crippen LogP contribution is 2.33. The summed E-state index contributed by atoms with van der Waals surface area (Å²) >= 11 is 0. The summed E-state index contributed by atoms with van der Waals surface area (Å²) in [4.78, 5) is 0. The van der Waals surface area contributed by atoms with Gasteiger partial charge in [-0.15, -0.1) is 0 Å². The largest absolute Gasteiger partial charge is 0.496 e. The minimum Gasteiger partial charge on any atom is -0.496 e. The summed E-state index contributed by atoms with van der Waals surface area (Å²) in [7, 11) is 3.47. The third-order valence-corrected chi connectivity index (χ3v) is 4.19. The monoisotopic (exact) mass is 279 g/mol. The molecular weight excluding hydrogens is 250 g/mol. The molecule has 0 saturated carbocycles. The fraction of sp³-hybridized carbons (Fsp3) is 0.647. The van der Waals surface area contributed by atoms with Crippen LogP contribution in [0.2, 0.25) is 0 Å². The van der Waals surface area contributed by atoms with Crippen molar-refractivity contribution in [2.45, 2.75) is 27.2 Å². The topological polar surface area (TPSA) is 30.5 Å². The highest BCUT2D eigenvalue weighted by molar-refractivity contribution is 5.34. The zero-order valence-electron chi connectivity index (χ0n) is 13.5. The molecule has 0 saturated heterocycles. The van der Waals surface area contributed by atoms with Crippen LogP contribution in [0.3, 0.4) is 0 Å². The number of rotatable bonds is 9. The summed E-state index contributed by atoms with van der Waals surface area (Å²) in [5.74, 6) is 1.57. The Morgan fingerprint density at radius 2 is 1.90 bits per heavy atom. The Morgan fingerprint density at radius 1 is 1.20 bits per heavy atom. The number of methoxy groups -OCH3 is 2. The van der Waals surface area contributed by atoms with Gasteiger partial charge in [0.15, 0.2) is 0 Å². The first-order valence-electron chi connectivity index (χ1n) is 7.35. The minimum atomic E-state index is 0.197.